The number of alkyl halides is 6. The van der Waals surface area contributed by atoms with Gasteiger partial charge < -0.3 is 9.64 Å². The quantitative estimate of drug-likeness (QED) is 0.388. The second-order valence-electron chi connectivity index (χ2n) is 7.08. The summed E-state index contributed by atoms with van der Waals surface area (Å²) in [6, 6.07) is 14.0. The molecule has 2 aromatic carbocycles. The fourth-order valence-electron chi connectivity index (χ4n) is 3.23. The third-order valence-electron chi connectivity index (χ3n) is 4.91. The first-order chi connectivity index (χ1) is 15.1. The summed E-state index contributed by atoms with van der Waals surface area (Å²) in [4.78, 5) is 5.82. The van der Waals surface area contributed by atoms with E-state index in [1.807, 2.05) is 12.1 Å². The minimum atomic E-state index is -4.93. The molecule has 0 aliphatic carbocycles. The maximum atomic E-state index is 13.6. The summed E-state index contributed by atoms with van der Waals surface area (Å²) in [6.45, 7) is 0.0574. The average molecular weight is 454 g/mol. The molecule has 1 aromatic heterocycles. The van der Waals surface area contributed by atoms with E-state index < -0.39 is 23.5 Å². The third kappa shape index (κ3) is 5.93. The van der Waals surface area contributed by atoms with Crippen molar-refractivity contribution in [3.63, 3.8) is 0 Å². The standard InChI is InChI=1S/C23H20F6N2O/c1-32-19-9-5-16(6-10-19)11-13-31(21-4-2-3-12-30-21)15-17-7-8-18(22(24,25)26)14-20(17)23(27,28)29/h2-10,12,14H,11,13,15H2,1H3. The smallest absolute Gasteiger partial charge is 0.416 e. The predicted octanol–water partition coefficient (Wildman–Crippen LogP) is 6.38. The number of pyridine rings is 1. The maximum absolute atomic E-state index is 13.6. The molecule has 1 heterocycles. The van der Waals surface area contributed by atoms with Crippen LogP contribution in [0, 0.1) is 0 Å². The molecule has 0 unspecified atom stereocenters. The highest BCUT2D eigenvalue weighted by molar-refractivity contribution is 5.43. The molecule has 3 rings (SSSR count). The fraction of sp³-hybridized carbons (Fsp3) is 0.261. The van der Waals surface area contributed by atoms with Gasteiger partial charge in [-0.25, -0.2) is 4.98 Å². The maximum Gasteiger partial charge on any atom is 0.416 e. The summed E-state index contributed by atoms with van der Waals surface area (Å²) < 4.78 is 84.8. The molecule has 0 N–H and O–H groups in total. The van der Waals surface area contributed by atoms with E-state index in [1.165, 1.54) is 6.20 Å². The zero-order chi connectivity index (χ0) is 23.4. The van der Waals surface area contributed by atoms with Crippen LogP contribution in [0.15, 0.2) is 66.9 Å². The van der Waals surface area contributed by atoms with E-state index in [4.69, 9.17) is 4.74 Å². The van der Waals surface area contributed by atoms with Gasteiger partial charge in [0.2, 0.25) is 0 Å². The summed E-state index contributed by atoms with van der Waals surface area (Å²) in [5, 5.41) is 0. The first-order valence-electron chi connectivity index (χ1n) is 9.64. The predicted molar refractivity (Wildman–Crippen MR) is 108 cm³/mol. The first-order valence-corrected chi connectivity index (χ1v) is 9.64. The Morgan fingerprint density at radius 1 is 0.875 bits per heavy atom. The lowest BCUT2D eigenvalue weighted by molar-refractivity contribution is -0.143. The molecule has 9 heteroatoms. The van der Waals surface area contributed by atoms with Gasteiger partial charge in [-0.05, 0) is 53.9 Å². The second kappa shape index (κ2) is 9.50. The number of benzene rings is 2. The van der Waals surface area contributed by atoms with E-state index in [-0.39, 0.29) is 18.2 Å². The van der Waals surface area contributed by atoms with E-state index in [0.717, 1.165) is 11.6 Å². The average Bonchev–Trinajstić information content (AvgIpc) is 2.76. The molecular formula is C23H20F6N2O. The Labute approximate surface area is 181 Å². The van der Waals surface area contributed by atoms with Crippen LogP contribution in [0.2, 0.25) is 0 Å². The van der Waals surface area contributed by atoms with Gasteiger partial charge in [-0.15, -0.1) is 0 Å². The van der Waals surface area contributed by atoms with E-state index in [0.29, 0.717) is 30.6 Å². The fourth-order valence-corrected chi connectivity index (χ4v) is 3.23. The van der Waals surface area contributed by atoms with Crippen LogP contribution in [-0.2, 0) is 25.3 Å². The van der Waals surface area contributed by atoms with Crippen LogP contribution in [-0.4, -0.2) is 18.6 Å². The zero-order valence-corrected chi connectivity index (χ0v) is 17.0. The highest BCUT2D eigenvalue weighted by Gasteiger charge is 2.38. The molecule has 0 radical (unpaired) electrons. The Morgan fingerprint density at radius 3 is 2.16 bits per heavy atom. The number of methoxy groups -OCH3 is 1. The van der Waals surface area contributed by atoms with Crippen LogP contribution in [0.4, 0.5) is 32.2 Å². The van der Waals surface area contributed by atoms with Crippen molar-refractivity contribution in [1.29, 1.82) is 0 Å². The Bertz CT molecular complexity index is 1020. The normalized spacial score (nSPS) is 12.0. The number of anilines is 1. The molecule has 0 amide bonds. The lowest BCUT2D eigenvalue weighted by Gasteiger charge is -2.26. The summed E-state index contributed by atoms with van der Waals surface area (Å²) in [7, 11) is 1.54. The van der Waals surface area contributed by atoms with Crippen molar-refractivity contribution in [3.05, 3.63) is 89.1 Å². The molecule has 0 saturated heterocycles. The highest BCUT2D eigenvalue weighted by atomic mass is 19.4. The number of hydrogen-bond donors (Lipinski definition) is 0. The first kappa shape index (κ1) is 23.4. The Kier molecular flexibility index (Phi) is 6.96. The van der Waals surface area contributed by atoms with Crippen molar-refractivity contribution in [2.75, 3.05) is 18.6 Å². The third-order valence-corrected chi connectivity index (χ3v) is 4.91. The van der Waals surface area contributed by atoms with Gasteiger partial charge in [0.1, 0.15) is 11.6 Å². The van der Waals surface area contributed by atoms with Crippen molar-refractivity contribution >= 4 is 5.82 Å². The lowest BCUT2D eigenvalue weighted by Crippen LogP contribution is -2.28. The van der Waals surface area contributed by atoms with E-state index in [1.54, 1.807) is 42.3 Å². The van der Waals surface area contributed by atoms with Crippen molar-refractivity contribution < 1.29 is 31.1 Å². The molecule has 170 valence electrons. The minimum absolute atomic E-state index is 0.162. The van der Waals surface area contributed by atoms with Crippen molar-refractivity contribution in [2.45, 2.75) is 25.3 Å². The number of halogens is 6. The monoisotopic (exact) mass is 454 g/mol. The summed E-state index contributed by atoms with van der Waals surface area (Å²) in [5.41, 5.74) is -1.98. The topological polar surface area (TPSA) is 25.4 Å². The second-order valence-corrected chi connectivity index (χ2v) is 7.08. The molecule has 0 atom stereocenters. The van der Waals surface area contributed by atoms with Crippen LogP contribution in [0.5, 0.6) is 5.75 Å². The molecule has 0 fully saturated rings. The molecule has 0 bridgehead atoms. The number of hydrogen-bond acceptors (Lipinski definition) is 3. The summed E-state index contributed by atoms with van der Waals surface area (Å²) in [6.07, 6.45) is -7.80. The molecule has 3 aromatic rings. The Balaban J connectivity index is 1.90. The van der Waals surface area contributed by atoms with Gasteiger partial charge in [0.25, 0.3) is 0 Å². The summed E-state index contributed by atoms with van der Waals surface area (Å²) >= 11 is 0. The number of aromatic nitrogens is 1. The van der Waals surface area contributed by atoms with Crippen molar-refractivity contribution in [1.82, 2.24) is 4.98 Å². The van der Waals surface area contributed by atoms with E-state index in [9.17, 15) is 26.3 Å². The van der Waals surface area contributed by atoms with Gasteiger partial charge in [0.05, 0.1) is 18.2 Å². The molecule has 0 saturated carbocycles. The van der Waals surface area contributed by atoms with Gasteiger partial charge in [-0.2, -0.15) is 26.3 Å². The van der Waals surface area contributed by atoms with E-state index in [2.05, 4.69) is 4.98 Å². The van der Waals surface area contributed by atoms with Gasteiger partial charge in [0.15, 0.2) is 0 Å². The number of ether oxygens (including phenoxy) is 1. The van der Waals surface area contributed by atoms with Gasteiger partial charge in [0, 0.05) is 19.3 Å². The molecule has 0 aliphatic heterocycles. The lowest BCUT2D eigenvalue weighted by atomic mass is 10.0. The molecular weight excluding hydrogens is 434 g/mol. The van der Waals surface area contributed by atoms with Crippen molar-refractivity contribution in [2.24, 2.45) is 0 Å². The zero-order valence-electron chi connectivity index (χ0n) is 17.0. The van der Waals surface area contributed by atoms with Crippen LogP contribution < -0.4 is 9.64 Å². The SMILES string of the molecule is COc1ccc(CCN(Cc2ccc(C(F)(F)F)cc2C(F)(F)F)c2ccccn2)cc1. The van der Waals surface area contributed by atoms with Crippen LogP contribution >= 0.6 is 0 Å². The highest BCUT2D eigenvalue weighted by Crippen LogP contribution is 2.38. The van der Waals surface area contributed by atoms with Crippen molar-refractivity contribution in [3.8, 4) is 5.75 Å². The van der Waals surface area contributed by atoms with Gasteiger partial charge in [-0.3, -0.25) is 0 Å². The molecule has 0 aliphatic rings. The summed E-state index contributed by atoms with van der Waals surface area (Å²) in [5.74, 6) is 1.10. The minimum Gasteiger partial charge on any atom is -0.497 e. The Morgan fingerprint density at radius 2 is 1.59 bits per heavy atom. The molecule has 32 heavy (non-hydrogen) atoms. The van der Waals surface area contributed by atoms with Crippen LogP contribution in [0.25, 0.3) is 0 Å². The van der Waals surface area contributed by atoms with Gasteiger partial charge in [-0.1, -0.05) is 24.3 Å². The molecule has 0 spiro atoms. The largest absolute Gasteiger partial charge is 0.497 e. The van der Waals surface area contributed by atoms with Crippen LogP contribution in [0.3, 0.4) is 0 Å². The van der Waals surface area contributed by atoms with Gasteiger partial charge >= 0.3 is 12.4 Å². The number of rotatable bonds is 7. The van der Waals surface area contributed by atoms with E-state index >= 15 is 0 Å². The number of nitrogens with zero attached hydrogens (tertiary/aromatic N) is 2. The Hall–Kier alpha value is -3.23. The molecule has 3 nitrogen and oxygen atoms in total. The van der Waals surface area contributed by atoms with Crippen LogP contribution in [0.1, 0.15) is 22.3 Å².